The Morgan fingerprint density at radius 1 is 1.23 bits per heavy atom. The molecule has 1 aromatic heterocycles. The first kappa shape index (κ1) is 16.6. The standard InChI is InChI=1S/C20H21N3O3/c1-11-4-5-17(26-3)14(8-11)13-9-15-18(21-20(24)19(15)22-25)16-10-23(2)7-6-12(13)16/h4-5,8-9,21,24H,6-7,10H2,1-3H3. The molecule has 0 fully saturated rings. The molecule has 134 valence electrons. The van der Waals surface area contributed by atoms with E-state index in [9.17, 15) is 10.0 Å². The Hall–Kier alpha value is -2.86. The van der Waals surface area contributed by atoms with Crippen LogP contribution in [0.5, 0.6) is 11.6 Å². The van der Waals surface area contributed by atoms with Gasteiger partial charge in [-0.05, 0) is 60.5 Å². The van der Waals surface area contributed by atoms with Gasteiger partial charge in [0.1, 0.15) is 5.75 Å². The van der Waals surface area contributed by atoms with Gasteiger partial charge in [0.05, 0.1) is 12.6 Å². The van der Waals surface area contributed by atoms with Crippen molar-refractivity contribution in [2.75, 3.05) is 20.7 Å². The van der Waals surface area contributed by atoms with Crippen molar-refractivity contribution in [2.24, 2.45) is 5.18 Å². The van der Waals surface area contributed by atoms with Crippen molar-refractivity contribution in [3.63, 3.8) is 0 Å². The molecule has 0 spiro atoms. The highest BCUT2D eigenvalue weighted by molar-refractivity contribution is 6.00. The third-order valence-electron chi connectivity index (χ3n) is 5.18. The topological polar surface area (TPSA) is 77.9 Å². The molecule has 26 heavy (non-hydrogen) atoms. The van der Waals surface area contributed by atoms with E-state index in [4.69, 9.17) is 4.74 Å². The number of aromatic nitrogens is 1. The van der Waals surface area contributed by atoms with Gasteiger partial charge in [0.25, 0.3) is 0 Å². The average molecular weight is 351 g/mol. The molecule has 0 atom stereocenters. The van der Waals surface area contributed by atoms with Gasteiger partial charge in [-0.3, -0.25) is 0 Å². The minimum atomic E-state index is -0.182. The molecule has 4 rings (SSSR count). The Labute approximate surface area is 151 Å². The molecule has 2 N–H and O–H groups in total. The highest BCUT2D eigenvalue weighted by Crippen LogP contribution is 2.44. The van der Waals surface area contributed by atoms with Gasteiger partial charge in [0, 0.05) is 24.0 Å². The van der Waals surface area contributed by atoms with E-state index >= 15 is 0 Å². The van der Waals surface area contributed by atoms with E-state index in [2.05, 4.69) is 28.2 Å². The van der Waals surface area contributed by atoms with E-state index in [0.717, 1.165) is 53.0 Å². The predicted molar refractivity (Wildman–Crippen MR) is 102 cm³/mol. The Balaban J connectivity index is 2.10. The van der Waals surface area contributed by atoms with Crippen LogP contribution >= 0.6 is 0 Å². The number of aromatic amines is 1. The van der Waals surface area contributed by atoms with Crippen molar-refractivity contribution in [3.8, 4) is 22.8 Å². The van der Waals surface area contributed by atoms with Gasteiger partial charge in [0.2, 0.25) is 5.88 Å². The van der Waals surface area contributed by atoms with Crippen molar-refractivity contribution in [2.45, 2.75) is 19.9 Å². The number of nitrogens with one attached hydrogen (secondary N) is 1. The number of fused-ring (bicyclic) bond motifs is 3. The number of aromatic hydroxyl groups is 1. The minimum Gasteiger partial charge on any atom is -0.496 e. The summed E-state index contributed by atoms with van der Waals surface area (Å²) in [6, 6.07) is 8.02. The molecule has 0 bridgehead atoms. The molecule has 0 saturated carbocycles. The monoisotopic (exact) mass is 351 g/mol. The van der Waals surface area contributed by atoms with Crippen molar-refractivity contribution in [3.05, 3.63) is 45.9 Å². The molecule has 1 aliphatic heterocycles. The Bertz CT molecular complexity index is 1020. The third-order valence-corrected chi connectivity index (χ3v) is 5.18. The van der Waals surface area contributed by atoms with Gasteiger partial charge in [-0.25, -0.2) is 0 Å². The average Bonchev–Trinajstić information content (AvgIpc) is 2.96. The number of benzene rings is 2. The lowest BCUT2D eigenvalue weighted by Crippen LogP contribution is -2.27. The molecule has 0 radical (unpaired) electrons. The summed E-state index contributed by atoms with van der Waals surface area (Å²) in [5.41, 5.74) is 6.32. The molecule has 0 amide bonds. The molecular formula is C20H21N3O3. The fraction of sp³-hybridized carbons (Fsp3) is 0.300. The van der Waals surface area contributed by atoms with Crippen molar-refractivity contribution in [1.29, 1.82) is 0 Å². The second kappa shape index (κ2) is 6.14. The van der Waals surface area contributed by atoms with Crippen LogP contribution in [0.1, 0.15) is 16.7 Å². The SMILES string of the molecule is COc1ccc(C)cc1-c1cc2c(N=O)c(O)[nH]c2c2c1CCN(C)C2. The zero-order valence-electron chi connectivity index (χ0n) is 15.1. The van der Waals surface area contributed by atoms with Gasteiger partial charge in [-0.1, -0.05) is 11.6 Å². The summed E-state index contributed by atoms with van der Waals surface area (Å²) in [5, 5.41) is 13.8. The predicted octanol–water partition coefficient (Wildman–Crippen LogP) is 4.24. The van der Waals surface area contributed by atoms with Crippen LogP contribution in [-0.4, -0.2) is 35.7 Å². The van der Waals surface area contributed by atoms with Crippen molar-refractivity contribution < 1.29 is 9.84 Å². The van der Waals surface area contributed by atoms with Crippen LogP contribution in [0.2, 0.25) is 0 Å². The van der Waals surface area contributed by atoms with E-state index in [1.54, 1.807) is 7.11 Å². The summed E-state index contributed by atoms with van der Waals surface area (Å²) in [7, 11) is 3.73. The third kappa shape index (κ3) is 2.45. The molecular weight excluding hydrogens is 330 g/mol. The lowest BCUT2D eigenvalue weighted by Gasteiger charge is -2.28. The van der Waals surface area contributed by atoms with Crippen LogP contribution in [0.25, 0.3) is 22.0 Å². The van der Waals surface area contributed by atoms with Gasteiger partial charge >= 0.3 is 0 Å². The van der Waals surface area contributed by atoms with Crippen molar-refractivity contribution in [1.82, 2.24) is 9.88 Å². The summed E-state index contributed by atoms with van der Waals surface area (Å²) in [6.07, 6.45) is 0.887. The number of methoxy groups -OCH3 is 1. The maximum Gasteiger partial charge on any atom is 0.219 e. The normalized spacial score (nSPS) is 14.4. The van der Waals surface area contributed by atoms with Crippen LogP contribution in [0.4, 0.5) is 5.69 Å². The smallest absolute Gasteiger partial charge is 0.219 e. The van der Waals surface area contributed by atoms with E-state index in [0.29, 0.717) is 5.39 Å². The first-order chi connectivity index (χ1) is 12.5. The first-order valence-electron chi connectivity index (χ1n) is 8.59. The summed E-state index contributed by atoms with van der Waals surface area (Å²) >= 11 is 0. The summed E-state index contributed by atoms with van der Waals surface area (Å²) in [5.74, 6) is 0.607. The van der Waals surface area contributed by atoms with Crippen LogP contribution in [0.3, 0.4) is 0 Å². The number of aryl methyl sites for hydroxylation is 1. The number of hydrogen-bond donors (Lipinski definition) is 2. The van der Waals surface area contributed by atoms with Gasteiger partial charge in [-0.2, -0.15) is 0 Å². The zero-order valence-corrected chi connectivity index (χ0v) is 15.1. The summed E-state index contributed by atoms with van der Waals surface area (Å²) in [4.78, 5) is 16.5. The van der Waals surface area contributed by atoms with Gasteiger partial charge < -0.3 is 19.7 Å². The second-order valence-electron chi connectivity index (χ2n) is 6.91. The Morgan fingerprint density at radius 2 is 2.04 bits per heavy atom. The number of H-pyrrole nitrogens is 1. The lowest BCUT2D eigenvalue weighted by atomic mass is 9.88. The van der Waals surface area contributed by atoms with E-state index in [1.165, 1.54) is 5.56 Å². The molecule has 0 unspecified atom stereocenters. The summed E-state index contributed by atoms with van der Waals surface area (Å²) in [6.45, 7) is 3.74. The molecule has 3 aromatic rings. The zero-order chi connectivity index (χ0) is 18.4. The Kier molecular flexibility index (Phi) is 3.92. The number of nitrogens with zero attached hydrogens (tertiary/aromatic N) is 2. The number of rotatable bonds is 3. The van der Waals surface area contributed by atoms with Gasteiger partial charge in [0.15, 0.2) is 5.69 Å². The Morgan fingerprint density at radius 3 is 2.77 bits per heavy atom. The first-order valence-corrected chi connectivity index (χ1v) is 8.59. The number of likely N-dealkylation sites (N-methyl/N-ethyl adjacent to an activating group) is 1. The molecule has 6 heteroatoms. The number of hydrogen-bond acceptors (Lipinski definition) is 5. The van der Waals surface area contributed by atoms with Crippen LogP contribution < -0.4 is 4.74 Å². The van der Waals surface area contributed by atoms with Crippen LogP contribution in [0, 0.1) is 11.8 Å². The largest absolute Gasteiger partial charge is 0.496 e. The van der Waals surface area contributed by atoms with E-state index < -0.39 is 0 Å². The second-order valence-corrected chi connectivity index (χ2v) is 6.91. The maximum absolute atomic E-state index is 11.3. The molecule has 6 nitrogen and oxygen atoms in total. The van der Waals surface area contributed by atoms with E-state index in [-0.39, 0.29) is 11.6 Å². The summed E-state index contributed by atoms with van der Waals surface area (Å²) < 4.78 is 5.59. The molecule has 0 saturated heterocycles. The molecule has 2 aromatic carbocycles. The highest BCUT2D eigenvalue weighted by Gasteiger charge is 2.25. The van der Waals surface area contributed by atoms with Gasteiger partial charge in [-0.15, -0.1) is 4.91 Å². The van der Waals surface area contributed by atoms with Crippen LogP contribution in [-0.2, 0) is 13.0 Å². The van der Waals surface area contributed by atoms with Crippen LogP contribution in [0.15, 0.2) is 29.4 Å². The van der Waals surface area contributed by atoms with E-state index in [1.807, 2.05) is 25.1 Å². The molecule has 0 aliphatic carbocycles. The molecule has 2 heterocycles. The number of nitroso groups, excluding NO2 is 1. The fourth-order valence-corrected chi connectivity index (χ4v) is 3.89. The highest BCUT2D eigenvalue weighted by atomic mass is 16.5. The quantitative estimate of drug-likeness (QED) is 0.692. The number of ether oxygens (including phenoxy) is 1. The lowest BCUT2D eigenvalue weighted by molar-refractivity contribution is 0.314. The maximum atomic E-state index is 11.3. The minimum absolute atomic E-state index is 0.0592. The molecule has 1 aliphatic rings. The van der Waals surface area contributed by atoms with Crippen molar-refractivity contribution >= 4 is 16.6 Å². The fourth-order valence-electron chi connectivity index (χ4n) is 3.89.